The Hall–Kier alpha value is -1.97. The summed E-state index contributed by atoms with van der Waals surface area (Å²) in [5.74, 6) is 0.823. The Bertz CT molecular complexity index is 447. The van der Waals surface area contributed by atoms with E-state index in [9.17, 15) is 0 Å². The van der Waals surface area contributed by atoms with Crippen LogP contribution in [0.15, 0.2) is 35.1 Å². The number of hydrogen-bond donors (Lipinski definition) is 2. The van der Waals surface area contributed by atoms with Crippen molar-refractivity contribution in [3.8, 4) is 0 Å². The molecule has 3 N–H and O–H groups in total. The summed E-state index contributed by atoms with van der Waals surface area (Å²) in [4.78, 5) is 2.07. The molecule has 0 radical (unpaired) electrons. The van der Waals surface area contributed by atoms with Gasteiger partial charge >= 0.3 is 0 Å². The van der Waals surface area contributed by atoms with E-state index < -0.39 is 0 Å². The molecule has 0 saturated heterocycles. The summed E-state index contributed by atoms with van der Waals surface area (Å²) in [5.41, 5.74) is 11.8. The quantitative estimate of drug-likeness (QED) is 0.626. The van der Waals surface area contributed by atoms with Crippen molar-refractivity contribution >= 4 is 17.6 Å². The van der Waals surface area contributed by atoms with Gasteiger partial charge in [-0.2, -0.15) is 5.10 Å². The molecule has 1 aromatic carbocycles. The highest BCUT2D eigenvalue weighted by atomic mass is 15.5. The Balaban J connectivity index is 2.23. The van der Waals surface area contributed by atoms with Crippen molar-refractivity contribution < 1.29 is 0 Å². The lowest BCUT2D eigenvalue weighted by Crippen LogP contribution is -2.35. The zero-order chi connectivity index (χ0) is 9.54. The summed E-state index contributed by atoms with van der Waals surface area (Å²) in [6, 6.07) is 8.15. The number of nitrogens with one attached hydrogen (secondary N) is 1. The summed E-state index contributed by atoms with van der Waals surface area (Å²) < 4.78 is 0. The first kappa shape index (κ1) is 7.44. The molecule has 2 aliphatic heterocycles. The third-order valence-electron chi connectivity index (χ3n) is 2.47. The fraction of sp³-hybridized carbons (Fsp3) is 0.100. The second-order valence-corrected chi connectivity index (χ2v) is 3.34. The van der Waals surface area contributed by atoms with E-state index in [1.807, 2.05) is 18.2 Å². The highest BCUT2D eigenvalue weighted by Crippen LogP contribution is 2.28. The van der Waals surface area contributed by atoms with Crippen LogP contribution in [0.4, 0.5) is 5.69 Å². The Morgan fingerprint density at radius 3 is 3.14 bits per heavy atom. The minimum atomic E-state index is 0.695. The lowest BCUT2D eigenvalue weighted by atomic mass is 10.1. The molecule has 0 aromatic heterocycles. The van der Waals surface area contributed by atoms with Gasteiger partial charge in [0.25, 0.3) is 0 Å². The normalized spacial score (nSPS) is 17.9. The first-order valence-corrected chi connectivity index (χ1v) is 4.51. The fourth-order valence-corrected chi connectivity index (χ4v) is 1.82. The Morgan fingerprint density at radius 2 is 2.21 bits per heavy atom. The first-order chi connectivity index (χ1) is 6.86. The molecule has 2 heterocycles. The largest absolute Gasteiger partial charge is 0.396 e. The van der Waals surface area contributed by atoms with E-state index in [0.29, 0.717) is 12.4 Å². The van der Waals surface area contributed by atoms with Gasteiger partial charge in [0.05, 0.1) is 11.4 Å². The molecule has 0 spiro atoms. The minimum Gasteiger partial charge on any atom is -0.396 e. The van der Waals surface area contributed by atoms with Gasteiger partial charge in [-0.25, -0.2) is 0 Å². The van der Waals surface area contributed by atoms with Gasteiger partial charge in [0.15, 0.2) is 5.84 Å². The zero-order valence-electron chi connectivity index (χ0n) is 7.57. The Morgan fingerprint density at radius 1 is 1.36 bits per heavy atom. The Kier molecular flexibility index (Phi) is 1.33. The molecule has 3 rings (SSSR count). The number of amidine groups is 1. The summed E-state index contributed by atoms with van der Waals surface area (Å²) >= 11 is 0. The van der Waals surface area contributed by atoms with Crippen LogP contribution in [-0.2, 0) is 0 Å². The van der Waals surface area contributed by atoms with Crippen LogP contribution in [0.2, 0.25) is 0 Å². The van der Waals surface area contributed by atoms with Crippen molar-refractivity contribution in [1.29, 1.82) is 0 Å². The molecule has 14 heavy (non-hydrogen) atoms. The zero-order valence-corrected chi connectivity index (χ0v) is 7.57. The maximum Gasteiger partial charge on any atom is 0.177 e. The molecule has 0 fully saturated rings. The predicted molar refractivity (Wildman–Crippen MR) is 56.5 cm³/mol. The molecule has 0 saturated carbocycles. The van der Waals surface area contributed by atoms with Crippen LogP contribution < -0.4 is 16.1 Å². The fourth-order valence-electron chi connectivity index (χ4n) is 1.82. The van der Waals surface area contributed by atoms with Crippen molar-refractivity contribution in [3.63, 3.8) is 0 Å². The molecule has 2 aliphatic rings. The summed E-state index contributed by atoms with van der Waals surface area (Å²) in [5, 5.41) is 4.14. The minimum absolute atomic E-state index is 0.695. The third kappa shape index (κ3) is 0.849. The van der Waals surface area contributed by atoms with Crippen LogP contribution in [0.3, 0.4) is 0 Å². The maximum atomic E-state index is 5.88. The van der Waals surface area contributed by atoms with Gasteiger partial charge in [0.2, 0.25) is 0 Å². The molecule has 70 valence electrons. The lowest BCUT2D eigenvalue weighted by molar-refractivity contribution is 0.807. The average Bonchev–Trinajstić information content (AvgIpc) is 2.67. The van der Waals surface area contributed by atoms with Gasteiger partial charge in [0, 0.05) is 5.56 Å². The molecule has 4 heteroatoms. The Labute approximate surface area is 81.7 Å². The number of nitrogens with two attached hydrogens (primary N) is 1. The van der Waals surface area contributed by atoms with Crippen molar-refractivity contribution in [1.82, 2.24) is 5.43 Å². The summed E-state index contributed by atoms with van der Waals surface area (Å²) in [6.45, 7) is 0.695. The van der Waals surface area contributed by atoms with Gasteiger partial charge in [0.1, 0.15) is 6.67 Å². The van der Waals surface area contributed by atoms with Crippen LogP contribution >= 0.6 is 0 Å². The SMILES string of the molecule is NC1=Cc2ccccc2N2CNN=C12. The van der Waals surface area contributed by atoms with Gasteiger partial charge in [-0.1, -0.05) is 18.2 Å². The number of hydrazone groups is 1. The number of fused-ring (bicyclic) bond motifs is 3. The monoisotopic (exact) mass is 186 g/mol. The van der Waals surface area contributed by atoms with Crippen LogP contribution in [0.25, 0.3) is 6.08 Å². The molecule has 0 amide bonds. The van der Waals surface area contributed by atoms with E-state index in [4.69, 9.17) is 5.73 Å². The summed E-state index contributed by atoms with van der Waals surface area (Å²) in [6.07, 6.45) is 1.96. The van der Waals surface area contributed by atoms with Gasteiger partial charge in [-0.3, -0.25) is 5.43 Å². The second-order valence-electron chi connectivity index (χ2n) is 3.34. The van der Waals surface area contributed by atoms with E-state index >= 15 is 0 Å². The van der Waals surface area contributed by atoms with E-state index in [1.54, 1.807) is 0 Å². The van der Waals surface area contributed by atoms with Crippen molar-refractivity contribution in [2.45, 2.75) is 0 Å². The smallest absolute Gasteiger partial charge is 0.177 e. The van der Waals surface area contributed by atoms with Gasteiger partial charge < -0.3 is 10.6 Å². The first-order valence-electron chi connectivity index (χ1n) is 4.51. The second kappa shape index (κ2) is 2.51. The van der Waals surface area contributed by atoms with Crippen LogP contribution in [-0.4, -0.2) is 12.5 Å². The topological polar surface area (TPSA) is 53.6 Å². The number of para-hydroxylation sites is 1. The molecule has 0 atom stereocenters. The molecule has 1 aromatic rings. The van der Waals surface area contributed by atoms with Gasteiger partial charge in [-0.15, -0.1) is 0 Å². The molecular weight excluding hydrogens is 176 g/mol. The lowest BCUT2D eigenvalue weighted by Gasteiger charge is -2.25. The van der Waals surface area contributed by atoms with Crippen LogP contribution in [0.5, 0.6) is 0 Å². The van der Waals surface area contributed by atoms with Gasteiger partial charge in [-0.05, 0) is 12.1 Å². The van der Waals surface area contributed by atoms with E-state index in [0.717, 1.165) is 17.1 Å². The van der Waals surface area contributed by atoms with Crippen molar-refractivity contribution in [3.05, 3.63) is 35.5 Å². The van der Waals surface area contributed by atoms with E-state index in [2.05, 4.69) is 27.6 Å². The van der Waals surface area contributed by atoms with Crippen molar-refractivity contribution in [2.24, 2.45) is 10.8 Å². The highest BCUT2D eigenvalue weighted by molar-refractivity contribution is 6.15. The standard InChI is InChI=1S/C10H10N4/c11-8-5-7-3-1-2-4-9(7)14-6-12-13-10(8)14/h1-5,12H,6,11H2. The number of nitrogens with zero attached hydrogens (tertiary/aromatic N) is 2. The molecule has 4 nitrogen and oxygen atoms in total. The van der Waals surface area contributed by atoms with E-state index in [-0.39, 0.29) is 0 Å². The molecular formula is C10H10N4. The maximum absolute atomic E-state index is 5.88. The molecule has 0 bridgehead atoms. The number of anilines is 1. The van der Waals surface area contributed by atoms with Crippen LogP contribution in [0, 0.1) is 0 Å². The highest BCUT2D eigenvalue weighted by Gasteiger charge is 2.25. The number of hydrogen-bond acceptors (Lipinski definition) is 4. The van der Waals surface area contributed by atoms with E-state index in [1.165, 1.54) is 0 Å². The van der Waals surface area contributed by atoms with Crippen LogP contribution in [0.1, 0.15) is 5.56 Å². The average molecular weight is 186 g/mol. The van der Waals surface area contributed by atoms with Crippen molar-refractivity contribution in [2.75, 3.05) is 11.6 Å². The predicted octanol–water partition coefficient (Wildman–Crippen LogP) is 0.680. The molecule has 0 aliphatic carbocycles. The third-order valence-corrected chi connectivity index (χ3v) is 2.47. The molecule has 0 unspecified atom stereocenters. The number of benzene rings is 1. The summed E-state index contributed by atoms with van der Waals surface area (Å²) in [7, 11) is 0. The number of rotatable bonds is 0.